The van der Waals surface area contributed by atoms with Crippen LogP contribution in [-0.2, 0) is 14.3 Å². The summed E-state index contributed by atoms with van der Waals surface area (Å²) in [4.78, 5) is 24.2. The van der Waals surface area contributed by atoms with E-state index >= 15 is 0 Å². The lowest BCUT2D eigenvalue weighted by molar-refractivity contribution is -0.141. The summed E-state index contributed by atoms with van der Waals surface area (Å²) in [6, 6.07) is -1.90. The largest absolute Gasteiger partial charge is 0.480 e. The van der Waals surface area contributed by atoms with Gasteiger partial charge in [0.25, 0.3) is 0 Å². The standard InChI is InChI=1S/C11H20N2O6/c1-6(14)9(10(15)16)12-11(17)13-4-7(18-2)8(5-13)19-3/h6-9,14H,4-5H2,1-3H3,(H,12,17)(H,15,16). The Balaban J connectivity index is 2.62. The van der Waals surface area contributed by atoms with E-state index in [1.807, 2.05) is 0 Å². The molecule has 2 amide bonds. The van der Waals surface area contributed by atoms with Gasteiger partial charge in [-0.25, -0.2) is 9.59 Å². The normalized spacial score (nSPS) is 26.0. The first-order valence-corrected chi connectivity index (χ1v) is 5.92. The van der Waals surface area contributed by atoms with Gasteiger partial charge in [-0.3, -0.25) is 0 Å². The van der Waals surface area contributed by atoms with E-state index in [0.717, 1.165) is 0 Å². The zero-order valence-electron chi connectivity index (χ0n) is 11.2. The number of methoxy groups -OCH3 is 2. The molecule has 4 atom stereocenters. The van der Waals surface area contributed by atoms with Crippen molar-refractivity contribution in [2.75, 3.05) is 27.3 Å². The van der Waals surface area contributed by atoms with Gasteiger partial charge in [0.1, 0.15) is 12.2 Å². The monoisotopic (exact) mass is 276 g/mol. The Kier molecular flexibility index (Phi) is 5.52. The van der Waals surface area contributed by atoms with Crippen LogP contribution in [0.15, 0.2) is 0 Å². The molecule has 1 aliphatic heterocycles. The highest BCUT2D eigenvalue weighted by molar-refractivity contribution is 5.83. The van der Waals surface area contributed by atoms with Gasteiger partial charge in [0.2, 0.25) is 0 Å². The lowest BCUT2D eigenvalue weighted by atomic mass is 10.2. The van der Waals surface area contributed by atoms with Crippen LogP contribution in [0.4, 0.5) is 4.79 Å². The highest BCUT2D eigenvalue weighted by atomic mass is 16.5. The molecule has 1 rings (SSSR count). The van der Waals surface area contributed by atoms with Crippen LogP contribution in [0.5, 0.6) is 0 Å². The molecule has 0 bridgehead atoms. The van der Waals surface area contributed by atoms with E-state index in [4.69, 9.17) is 14.6 Å². The van der Waals surface area contributed by atoms with Gasteiger partial charge in [-0.05, 0) is 6.92 Å². The summed E-state index contributed by atoms with van der Waals surface area (Å²) in [6.07, 6.45) is -1.67. The smallest absolute Gasteiger partial charge is 0.328 e. The molecule has 1 heterocycles. The van der Waals surface area contributed by atoms with Crippen LogP contribution in [-0.4, -0.2) is 78.8 Å². The third-order valence-corrected chi connectivity index (χ3v) is 3.14. The molecule has 8 nitrogen and oxygen atoms in total. The molecule has 0 aliphatic carbocycles. The Hall–Kier alpha value is -1.38. The predicted octanol–water partition coefficient (Wildman–Crippen LogP) is -1.12. The first-order valence-electron chi connectivity index (χ1n) is 5.92. The molecule has 0 aromatic heterocycles. The molecular formula is C11H20N2O6. The number of carbonyl (C=O) groups excluding carboxylic acids is 1. The number of aliphatic carboxylic acids is 1. The second kappa shape index (κ2) is 6.69. The van der Waals surface area contributed by atoms with Crippen molar-refractivity contribution >= 4 is 12.0 Å². The summed E-state index contributed by atoms with van der Waals surface area (Å²) < 4.78 is 10.4. The van der Waals surface area contributed by atoms with E-state index in [9.17, 15) is 14.7 Å². The highest BCUT2D eigenvalue weighted by Crippen LogP contribution is 2.15. The van der Waals surface area contributed by atoms with Gasteiger partial charge in [0, 0.05) is 14.2 Å². The maximum Gasteiger partial charge on any atom is 0.328 e. The van der Waals surface area contributed by atoms with Crippen molar-refractivity contribution in [1.29, 1.82) is 0 Å². The molecule has 0 saturated carbocycles. The summed E-state index contributed by atoms with van der Waals surface area (Å²) in [5, 5.41) is 20.5. The molecule has 19 heavy (non-hydrogen) atoms. The fraction of sp³-hybridized carbons (Fsp3) is 0.818. The predicted molar refractivity (Wildman–Crippen MR) is 64.8 cm³/mol. The van der Waals surface area contributed by atoms with Gasteiger partial charge in [0.15, 0.2) is 6.04 Å². The Morgan fingerprint density at radius 3 is 2.05 bits per heavy atom. The van der Waals surface area contributed by atoms with E-state index in [-0.39, 0.29) is 12.2 Å². The third kappa shape index (κ3) is 3.79. The Bertz CT molecular complexity index is 323. The van der Waals surface area contributed by atoms with Crippen molar-refractivity contribution in [3.8, 4) is 0 Å². The number of urea groups is 1. The minimum absolute atomic E-state index is 0.245. The summed E-state index contributed by atoms with van der Waals surface area (Å²) >= 11 is 0. The van der Waals surface area contributed by atoms with Crippen molar-refractivity contribution in [2.45, 2.75) is 31.3 Å². The zero-order chi connectivity index (χ0) is 14.6. The zero-order valence-corrected chi connectivity index (χ0v) is 11.2. The number of amides is 2. The minimum Gasteiger partial charge on any atom is -0.480 e. The number of carboxylic acids is 1. The summed E-state index contributed by atoms with van der Waals surface area (Å²) in [7, 11) is 3.04. The van der Waals surface area contributed by atoms with E-state index in [2.05, 4.69) is 5.32 Å². The van der Waals surface area contributed by atoms with Gasteiger partial charge < -0.3 is 29.9 Å². The second-order valence-electron chi connectivity index (χ2n) is 4.46. The van der Waals surface area contributed by atoms with Crippen molar-refractivity contribution in [1.82, 2.24) is 10.2 Å². The maximum atomic E-state index is 11.9. The van der Waals surface area contributed by atoms with Gasteiger partial charge in [-0.15, -0.1) is 0 Å². The van der Waals surface area contributed by atoms with Crippen molar-refractivity contribution in [3.05, 3.63) is 0 Å². The number of nitrogens with one attached hydrogen (secondary N) is 1. The van der Waals surface area contributed by atoms with Crippen LogP contribution >= 0.6 is 0 Å². The number of carboxylic acid groups (broad SMARTS) is 1. The maximum absolute atomic E-state index is 11.9. The molecule has 1 aliphatic rings. The number of hydrogen-bond acceptors (Lipinski definition) is 5. The summed E-state index contributed by atoms with van der Waals surface area (Å²) in [6.45, 7) is 1.93. The third-order valence-electron chi connectivity index (χ3n) is 3.14. The summed E-state index contributed by atoms with van der Waals surface area (Å²) in [5.41, 5.74) is 0. The lowest BCUT2D eigenvalue weighted by Crippen LogP contribution is -2.52. The number of likely N-dealkylation sites (tertiary alicyclic amines) is 1. The van der Waals surface area contributed by atoms with Gasteiger partial charge >= 0.3 is 12.0 Å². The van der Waals surface area contributed by atoms with Crippen LogP contribution in [0.25, 0.3) is 0 Å². The number of nitrogens with zero attached hydrogens (tertiary/aromatic N) is 1. The molecule has 1 fully saturated rings. The number of ether oxygens (including phenoxy) is 2. The quantitative estimate of drug-likeness (QED) is 0.586. The van der Waals surface area contributed by atoms with Crippen LogP contribution in [0.1, 0.15) is 6.92 Å². The topological polar surface area (TPSA) is 108 Å². The second-order valence-corrected chi connectivity index (χ2v) is 4.46. The fourth-order valence-corrected chi connectivity index (χ4v) is 1.98. The average Bonchev–Trinajstić information content (AvgIpc) is 2.77. The van der Waals surface area contributed by atoms with E-state index < -0.39 is 24.1 Å². The molecule has 0 radical (unpaired) electrons. The Morgan fingerprint density at radius 1 is 1.26 bits per heavy atom. The SMILES string of the molecule is COC1CN(C(=O)NC(C(=O)O)C(C)O)CC1OC. The molecule has 3 N–H and O–H groups in total. The number of carbonyl (C=O) groups is 2. The fourth-order valence-electron chi connectivity index (χ4n) is 1.98. The molecule has 1 saturated heterocycles. The number of rotatable bonds is 5. The van der Waals surface area contributed by atoms with Crippen molar-refractivity contribution < 1.29 is 29.3 Å². The van der Waals surface area contributed by atoms with Gasteiger partial charge in [0.05, 0.1) is 19.2 Å². The van der Waals surface area contributed by atoms with E-state index in [0.29, 0.717) is 13.1 Å². The highest BCUT2D eigenvalue weighted by Gasteiger charge is 2.37. The molecule has 0 aromatic rings. The van der Waals surface area contributed by atoms with Crippen LogP contribution in [0, 0.1) is 0 Å². The number of aliphatic hydroxyl groups is 1. The molecule has 4 unspecified atom stereocenters. The van der Waals surface area contributed by atoms with Gasteiger partial charge in [-0.1, -0.05) is 0 Å². The molecule has 8 heteroatoms. The van der Waals surface area contributed by atoms with Crippen molar-refractivity contribution in [2.24, 2.45) is 0 Å². The van der Waals surface area contributed by atoms with Crippen LogP contribution in [0.3, 0.4) is 0 Å². The average molecular weight is 276 g/mol. The molecule has 0 spiro atoms. The number of hydrogen-bond donors (Lipinski definition) is 3. The van der Waals surface area contributed by atoms with E-state index in [1.54, 1.807) is 0 Å². The van der Waals surface area contributed by atoms with E-state index in [1.165, 1.54) is 26.0 Å². The molecular weight excluding hydrogens is 256 g/mol. The van der Waals surface area contributed by atoms with Gasteiger partial charge in [-0.2, -0.15) is 0 Å². The Morgan fingerprint density at radius 2 is 1.74 bits per heavy atom. The minimum atomic E-state index is -1.34. The first kappa shape index (κ1) is 15.7. The number of aliphatic hydroxyl groups excluding tert-OH is 1. The Labute approximate surface area is 111 Å². The van der Waals surface area contributed by atoms with Crippen LogP contribution < -0.4 is 5.32 Å². The molecule has 110 valence electrons. The first-order chi connectivity index (χ1) is 8.90. The van der Waals surface area contributed by atoms with Crippen molar-refractivity contribution in [3.63, 3.8) is 0 Å². The lowest BCUT2D eigenvalue weighted by Gasteiger charge is -2.22. The van der Waals surface area contributed by atoms with Crippen LogP contribution in [0.2, 0.25) is 0 Å². The summed E-state index contributed by atoms with van der Waals surface area (Å²) in [5.74, 6) is -1.28. The molecule has 0 aromatic carbocycles.